The fourth-order valence-corrected chi connectivity index (χ4v) is 2.36. The van der Waals surface area contributed by atoms with Gasteiger partial charge in [0.15, 0.2) is 0 Å². The first-order valence-electron chi connectivity index (χ1n) is 7.34. The first-order valence-corrected chi connectivity index (χ1v) is 7.34. The van der Waals surface area contributed by atoms with Crippen molar-refractivity contribution in [2.24, 2.45) is 0 Å². The maximum atomic E-state index is 12.4. The highest BCUT2D eigenvalue weighted by Gasteiger charge is 2.32. The van der Waals surface area contributed by atoms with Crippen molar-refractivity contribution in [2.75, 3.05) is 31.1 Å². The first-order chi connectivity index (χ1) is 9.71. The van der Waals surface area contributed by atoms with Crippen molar-refractivity contribution in [2.45, 2.75) is 32.7 Å². The summed E-state index contributed by atoms with van der Waals surface area (Å²) in [5.41, 5.74) is 0.598. The number of aliphatic hydroxyl groups is 1. The number of rotatable bonds is 7. The van der Waals surface area contributed by atoms with Gasteiger partial charge < -0.3 is 14.9 Å². The largest absolute Gasteiger partial charge is 0.395 e. The molecule has 20 heavy (non-hydrogen) atoms. The highest BCUT2D eigenvalue weighted by Crippen LogP contribution is 2.28. The monoisotopic (exact) mass is 277 g/mol. The van der Waals surface area contributed by atoms with E-state index in [1.54, 1.807) is 11.1 Å². The summed E-state index contributed by atoms with van der Waals surface area (Å²) >= 11 is 0. The highest BCUT2D eigenvalue weighted by molar-refractivity contribution is 5.94. The molecule has 0 bridgehead atoms. The molecule has 0 spiro atoms. The molecule has 1 saturated carbocycles. The molecule has 1 aromatic heterocycles. The molecule has 1 aliphatic rings. The zero-order valence-electron chi connectivity index (χ0n) is 12.2. The zero-order chi connectivity index (χ0) is 14.5. The number of pyridine rings is 1. The molecule has 5 heteroatoms. The third kappa shape index (κ3) is 3.28. The third-order valence-electron chi connectivity index (χ3n) is 3.67. The number of anilines is 1. The Morgan fingerprint density at radius 2 is 2.05 bits per heavy atom. The van der Waals surface area contributed by atoms with Crippen molar-refractivity contribution < 1.29 is 9.90 Å². The van der Waals surface area contributed by atoms with Crippen LogP contribution >= 0.6 is 0 Å². The number of hydrogen-bond donors (Lipinski definition) is 1. The van der Waals surface area contributed by atoms with Gasteiger partial charge in [-0.25, -0.2) is 4.98 Å². The lowest BCUT2D eigenvalue weighted by molar-refractivity contribution is 0.0707. The normalized spacial score (nSPS) is 14.2. The number of aliphatic hydroxyl groups excluding tert-OH is 1. The van der Waals surface area contributed by atoms with Crippen LogP contribution in [0.1, 0.15) is 37.0 Å². The Hall–Kier alpha value is -1.62. The molecule has 0 aliphatic heterocycles. The minimum absolute atomic E-state index is 0.00714. The van der Waals surface area contributed by atoms with Crippen molar-refractivity contribution in [3.63, 3.8) is 0 Å². The SMILES string of the molecule is CCN(CC)c1ccc(C(=O)N(CCO)C2CC2)cn1. The predicted octanol–water partition coefficient (Wildman–Crippen LogP) is 1.52. The van der Waals surface area contributed by atoms with E-state index in [1.165, 1.54) is 0 Å². The summed E-state index contributed by atoms with van der Waals surface area (Å²) < 4.78 is 0. The first kappa shape index (κ1) is 14.8. The molecule has 0 atom stereocenters. The van der Waals surface area contributed by atoms with Crippen molar-refractivity contribution in [1.29, 1.82) is 0 Å². The molecule has 0 unspecified atom stereocenters. The van der Waals surface area contributed by atoms with E-state index in [0.29, 0.717) is 18.2 Å². The number of carbonyl (C=O) groups is 1. The Bertz CT molecular complexity index is 439. The van der Waals surface area contributed by atoms with Crippen LogP contribution in [0, 0.1) is 0 Å². The Kier molecular flexibility index (Phi) is 4.95. The molecule has 1 aliphatic carbocycles. The molecule has 1 N–H and O–H groups in total. The zero-order valence-corrected chi connectivity index (χ0v) is 12.2. The van der Waals surface area contributed by atoms with Crippen LogP contribution in [0.5, 0.6) is 0 Å². The van der Waals surface area contributed by atoms with Gasteiger partial charge in [-0.05, 0) is 38.8 Å². The van der Waals surface area contributed by atoms with Crippen LogP contribution in [0.3, 0.4) is 0 Å². The smallest absolute Gasteiger partial charge is 0.255 e. The van der Waals surface area contributed by atoms with Gasteiger partial charge in [0.25, 0.3) is 5.91 Å². The Labute approximate surface area is 120 Å². The standard InChI is InChI=1S/C15H23N3O2/c1-3-17(4-2)14-8-5-12(11-16-14)15(20)18(9-10-19)13-6-7-13/h5,8,11,13,19H,3-4,6-7,9-10H2,1-2H3. The molecule has 0 radical (unpaired) electrons. The summed E-state index contributed by atoms with van der Waals surface area (Å²) in [5.74, 6) is 0.867. The summed E-state index contributed by atoms with van der Waals surface area (Å²) in [6.07, 6.45) is 3.72. The van der Waals surface area contributed by atoms with Gasteiger partial charge in [0.1, 0.15) is 5.82 Å². The molecule has 2 rings (SSSR count). The molecule has 1 amide bonds. The van der Waals surface area contributed by atoms with E-state index < -0.39 is 0 Å². The lowest BCUT2D eigenvalue weighted by Crippen LogP contribution is -2.35. The molecule has 0 saturated heterocycles. The van der Waals surface area contributed by atoms with E-state index in [0.717, 1.165) is 31.7 Å². The second kappa shape index (κ2) is 6.70. The number of hydrogen-bond acceptors (Lipinski definition) is 4. The molecule has 110 valence electrons. The van der Waals surface area contributed by atoms with Gasteiger partial charge in [0.05, 0.1) is 12.2 Å². The van der Waals surface area contributed by atoms with Gasteiger partial charge in [-0.15, -0.1) is 0 Å². The third-order valence-corrected chi connectivity index (χ3v) is 3.67. The van der Waals surface area contributed by atoms with Crippen molar-refractivity contribution >= 4 is 11.7 Å². The van der Waals surface area contributed by atoms with E-state index in [4.69, 9.17) is 5.11 Å². The van der Waals surface area contributed by atoms with E-state index in [1.807, 2.05) is 12.1 Å². The quantitative estimate of drug-likeness (QED) is 0.821. The molecule has 1 heterocycles. The topological polar surface area (TPSA) is 56.7 Å². The lowest BCUT2D eigenvalue weighted by Gasteiger charge is -2.22. The number of aromatic nitrogens is 1. The van der Waals surface area contributed by atoms with Crippen LogP contribution in [0.4, 0.5) is 5.82 Å². The number of amides is 1. The van der Waals surface area contributed by atoms with Crippen LogP contribution < -0.4 is 4.90 Å². The molecule has 1 aromatic rings. The number of nitrogens with zero attached hydrogens (tertiary/aromatic N) is 3. The van der Waals surface area contributed by atoms with Crippen LogP contribution in [-0.2, 0) is 0 Å². The second-order valence-electron chi connectivity index (χ2n) is 5.03. The molecule has 5 nitrogen and oxygen atoms in total. The van der Waals surface area contributed by atoms with Crippen LogP contribution in [0.25, 0.3) is 0 Å². The second-order valence-corrected chi connectivity index (χ2v) is 5.03. The molecular formula is C15H23N3O2. The summed E-state index contributed by atoms with van der Waals surface area (Å²) in [4.78, 5) is 20.7. The van der Waals surface area contributed by atoms with E-state index in [-0.39, 0.29) is 12.5 Å². The average Bonchev–Trinajstić information content (AvgIpc) is 3.31. The summed E-state index contributed by atoms with van der Waals surface area (Å²) in [6.45, 7) is 6.38. The molecule has 1 fully saturated rings. The van der Waals surface area contributed by atoms with E-state index in [2.05, 4.69) is 23.7 Å². The Balaban J connectivity index is 2.10. The highest BCUT2D eigenvalue weighted by atomic mass is 16.3. The van der Waals surface area contributed by atoms with Gasteiger partial charge in [0.2, 0.25) is 0 Å². The van der Waals surface area contributed by atoms with E-state index in [9.17, 15) is 4.79 Å². The molecule has 0 aromatic carbocycles. The van der Waals surface area contributed by atoms with Crippen molar-refractivity contribution in [3.8, 4) is 0 Å². The van der Waals surface area contributed by atoms with E-state index >= 15 is 0 Å². The van der Waals surface area contributed by atoms with Crippen molar-refractivity contribution in [1.82, 2.24) is 9.88 Å². The van der Waals surface area contributed by atoms with Gasteiger partial charge in [-0.2, -0.15) is 0 Å². The summed E-state index contributed by atoms with van der Waals surface area (Å²) in [7, 11) is 0. The van der Waals surface area contributed by atoms with Gasteiger partial charge in [0, 0.05) is 31.9 Å². The van der Waals surface area contributed by atoms with Crippen LogP contribution in [-0.4, -0.2) is 53.2 Å². The average molecular weight is 277 g/mol. The Morgan fingerprint density at radius 1 is 1.35 bits per heavy atom. The van der Waals surface area contributed by atoms with Gasteiger partial charge >= 0.3 is 0 Å². The summed E-state index contributed by atoms with van der Waals surface area (Å²) in [6, 6.07) is 4.03. The molecular weight excluding hydrogens is 254 g/mol. The van der Waals surface area contributed by atoms with Crippen LogP contribution in [0.15, 0.2) is 18.3 Å². The maximum Gasteiger partial charge on any atom is 0.255 e. The van der Waals surface area contributed by atoms with Gasteiger partial charge in [-0.3, -0.25) is 4.79 Å². The predicted molar refractivity (Wildman–Crippen MR) is 78.9 cm³/mol. The lowest BCUT2D eigenvalue weighted by atomic mass is 10.2. The maximum absolute atomic E-state index is 12.4. The Morgan fingerprint density at radius 3 is 2.50 bits per heavy atom. The minimum atomic E-state index is -0.0276. The van der Waals surface area contributed by atoms with Crippen LogP contribution in [0.2, 0.25) is 0 Å². The van der Waals surface area contributed by atoms with Crippen molar-refractivity contribution in [3.05, 3.63) is 23.9 Å². The number of carbonyl (C=O) groups excluding carboxylic acids is 1. The fraction of sp³-hybridized carbons (Fsp3) is 0.600. The minimum Gasteiger partial charge on any atom is -0.395 e. The summed E-state index contributed by atoms with van der Waals surface area (Å²) in [5, 5.41) is 9.07. The van der Waals surface area contributed by atoms with Gasteiger partial charge in [-0.1, -0.05) is 0 Å². The fourth-order valence-electron chi connectivity index (χ4n) is 2.36.